The number of ether oxygens (including phenoxy) is 10. The zero-order valence-electron chi connectivity index (χ0n) is 80.7. The van der Waals surface area contributed by atoms with E-state index in [4.69, 9.17) is 52.4 Å². The Balaban J connectivity index is 0.000000171. The molecule has 0 spiro atoms. The SMILES string of the molecule is Cc1cc(-c2[c-]c(Oc3cccc(Oc4ccccn4)n3)ccc2)[n-]n1.Cc1cc(-c2cccc(Oc3[c-]c(Oc4ccccn4)c(C)cc3C)n2)[n-]n1.Cc1cc(-c2nc(Oc3cccc(Oc4ccccn4)n3)c(C)cc2C)[n-]n1.Cc1cc(C)c(Oc2cccc(-[n+]3[c-]n(C)cc3)n2)[c-]c1Oc1[c-]cccc1.Cc1cc(C)c(Oc2nc(-[n+]3[c-]n(C)cc3)c(C)cc2C)[c-]c1Oc1ccccn1.[Pd+2].[Pd+2].[Pd+2].[Pd].[Pd]. The molecule has 20 aromatic rings. The fraction of sp³-hybridized carbons (Fsp3) is 0.136. The van der Waals surface area contributed by atoms with Crippen LogP contribution in [0.2, 0.25) is 0 Å². The predicted molar refractivity (Wildman–Crippen MR) is 519 cm³/mol. The minimum Gasteiger partial charge on any atom is -0.619 e. The third-order valence-electron chi connectivity index (χ3n) is 20.4. The molecule has 15 aromatic heterocycles. The first-order chi connectivity index (χ1) is 67.9. The van der Waals surface area contributed by atoms with E-state index in [-0.39, 0.29) is 102 Å². The Hall–Kier alpha value is -15.0. The van der Waals surface area contributed by atoms with Gasteiger partial charge < -0.3 is 96.2 Å². The summed E-state index contributed by atoms with van der Waals surface area (Å²) in [4.78, 5) is 43.9. The van der Waals surface area contributed by atoms with Crippen LogP contribution in [0.1, 0.15) is 72.7 Å². The molecule has 0 radical (unpaired) electrons. The van der Waals surface area contributed by atoms with Crippen molar-refractivity contribution in [3.05, 3.63) is 402 Å². The Morgan fingerprint density at radius 2 is 0.669 bits per heavy atom. The van der Waals surface area contributed by atoms with Gasteiger partial charge in [-0.3, -0.25) is 0 Å². The maximum atomic E-state index is 6.20. The van der Waals surface area contributed by atoms with Crippen molar-refractivity contribution < 1.29 is 159 Å². The van der Waals surface area contributed by atoms with Crippen molar-refractivity contribution in [3.63, 3.8) is 0 Å². The number of pyridine rings is 10. The van der Waals surface area contributed by atoms with Gasteiger partial charge in [0.25, 0.3) is 11.8 Å². The molecular formula is C110H92N20O10Pd5-2. The van der Waals surface area contributed by atoms with Crippen LogP contribution in [0.25, 0.3) is 45.7 Å². The van der Waals surface area contributed by atoms with Crippen LogP contribution in [-0.4, -0.2) is 74.3 Å². The van der Waals surface area contributed by atoms with Crippen LogP contribution in [0.3, 0.4) is 0 Å². The van der Waals surface area contributed by atoms with Crippen molar-refractivity contribution in [2.75, 3.05) is 0 Å². The van der Waals surface area contributed by atoms with E-state index in [9.17, 15) is 0 Å². The summed E-state index contributed by atoms with van der Waals surface area (Å²) < 4.78 is 66.3. The van der Waals surface area contributed by atoms with Crippen LogP contribution < -0.4 is 71.8 Å². The minimum absolute atomic E-state index is 0. The first kappa shape index (κ1) is 110. The molecule has 0 aliphatic heterocycles. The summed E-state index contributed by atoms with van der Waals surface area (Å²) in [6.07, 6.45) is 20.6. The maximum Gasteiger partial charge on any atom is 2.00 e. The van der Waals surface area contributed by atoms with Crippen LogP contribution in [0.5, 0.6) is 117 Å². The zero-order valence-corrected chi connectivity index (χ0v) is 88.5. The summed E-state index contributed by atoms with van der Waals surface area (Å²) in [6.45, 7) is 25.4. The summed E-state index contributed by atoms with van der Waals surface area (Å²) in [5.41, 5.74) is 16.6. The molecular weight excluding hydrogens is 2290 g/mol. The van der Waals surface area contributed by atoms with Crippen molar-refractivity contribution in [3.8, 4) is 162 Å². The second kappa shape index (κ2) is 52.8. The molecule has 20 rings (SSSR count). The molecule has 145 heavy (non-hydrogen) atoms. The van der Waals surface area contributed by atoms with Crippen molar-refractivity contribution in [1.82, 2.24) is 89.6 Å². The molecule has 30 nitrogen and oxygen atoms in total. The van der Waals surface area contributed by atoms with Gasteiger partial charge in [0, 0.05) is 215 Å². The molecule has 0 bridgehead atoms. The molecule has 0 unspecified atom stereocenters. The van der Waals surface area contributed by atoms with E-state index in [0.717, 1.165) is 107 Å². The molecule has 0 amide bonds. The molecule has 0 atom stereocenters. The third-order valence-corrected chi connectivity index (χ3v) is 20.4. The van der Waals surface area contributed by atoms with Crippen molar-refractivity contribution in [2.45, 2.75) is 90.0 Å². The average Bonchev–Trinajstić information content (AvgIpc) is 1.79. The van der Waals surface area contributed by atoms with E-state index in [2.05, 4.69) is 125 Å². The molecule has 0 fully saturated rings. The van der Waals surface area contributed by atoms with Gasteiger partial charge in [0.15, 0.2) is 24.3 Å². The van der Waals surface area contributed by atoms with Crippen LogP contribution >= 0.6 is 0 Å². The van der Waals surface area contributed by atoms with E-state index >= 15 is 0 Å². The van der Waals surface area contributed by atoms with Crippen molar-refractivity contribution in [2.24, 2.45) is 14.1 Å². The van der Waals surface area contributed by atoms with Gasteiger partial charge in [-0.05, 0) is 127 Å². The molecule has 744 valence electrons. The Bertz CT molecular complexity index is 7460. The molecule has 15 heterocycles. The zero-order chi connectivity index (χ0) is 97.5. The molecule has 0 N–H and O–H groups in total. The predicted octanol–water partition coefficient (Wildman–Crippen LogP) is 22.2. The summed E-state index contributed by atoms with van der Waals surface area (Å²) in [7, 11) is 3.83. The van der Waals surface area contributed by atoms with E-state index in [0.29, 0.717) is 128 Å². The second-order valence-corrected chi connectivity index (χ2v) is 31.9. The molecule has 0 saturated heterocycles. The Morgan fingerprint density at radius 3 is 1.13 bits per heavy atom. The number of benzene rings is 5. The Morgan fingerprint density at radius 1 is 0.290 bits per heavy atom. The van der Waals surface area contributed by atoms with E-state index in [1.54, 1.807) is 102 Å². The van der Waals surface area contributed by atoms with Crippen LogP contribution in [0, 0.1) is 133 Å². The van der Waals surface area contributed by atoms with E-state index in [1.165, 1.54) is 0 Å². The van der Waals surface area contributed by atoms with E-state index in [1.807, 2.05) is 300 Å². The van der Waals surface area contributed by atoms with Crippen molar-refractivity contribution in [1.29, 1.82) is 0 Å². The van der Waals surface area contributed by atoms with Gasteiger partial charge in [-0.15, -0.1) is 73.7 Å². The molecule has 35 heteroatoms. The standard InChI is InChI=1S/C24H23N4O2.C23H19N3O2.C22H18N4O2.C21H18N5O2.C20H14N4O2.5Pd/c1-16-12-17(2)21(14-20(16)29-22-8-6-7-9-25-22)30-24-19(4)13-18(3)23(26-24)28-11-10-27(5)15-28;1-17-14-18(2)21(15-20(17)27-19-8-5-4-6-9-19)28-23-11-7-10-22(24-23)26-13-12-25(3)16-26;1-14-11-15(2)20(13-19(14)27-21-8-4-5-10-23-21)28-22-9-6-7-17(24-22)18-12-16(3)25-26-18;1-13-11-14(2)21(24-20(13)16-12-15(3)25-26-16)28-19-9-6-8-18(23-19)27-17-7-4-5-10-22-17;1-14-12-17(24-23-14)15-6-4-7-16(13-15)25-19-9-5-10-20(22-19)26-18-8-2-3-11-21-18;;;;;/h6-13H,1-5H3;4-8,10-14H,1-3H3;2*4-12H,1-3H3;2-12H,1H3;;;;;/q-1;2*-2;-1;-2;;;3*+2. The minimum atomic E-state index is 0. The number of hydrogen-bond donors (Lipinski definition) is 0. The monoisotopic (exact) mass is 2380 g/mol. The number of nitrogens with zero attached hydrogens (tertiary/aromatic N) is 20. The number of hydrogen-bond acceptors (Lipinski definition) is 23. The topological polar surface area (TPSA) is 320 Å². The molecule has 0 saturated carbocycles. The first-order valence-corrected chi connectivity index (χ1v) is 44.1. The molecule has 0 aliphatic rings. The van der Waals surface area contributed by atoms with Crippen LogP contribution in [0.4, 0.5) is 0 Å². The first-order valence-electron chi connectivity index (χ1n) is 44.1. The number of imidazole rings is 2. The average molecular weight is 2390 g/mol. The van der Waals surface area contributed by atoms with Crippen LogP contribution in [0.15, 0.2) is 286 Å². The number of aryl methyl sites for hydroxylation is 15. The van der Waals surface area contributed by atoms with Gasteiger partial charge >= 0.3 is 61.3 Å². The van der Waals surface area contributed by atoms with Crippen LogP contribution in [-0.2, 0) is 116 Å². The van der Waals surface area contributed by atoms with Gasteiger partial charge in [-0.2, -0.15) is 51.9 Å². The quantitative estimate of drug-likeness (QED) is 0.0291. The second-order valence-electron chi connectivity index (χ2n) is 31.9. The molecule has 0 aliphatic carbocycles. The summed E-state index contributed by atoms with van der Waals surface area (Å²) in [5.74, 6) is 11.5. The van der Waals surface area contributed by atoms with Gasteiger partial charge in [-0.1, -0.05) is 150 Å². The third kappa shape index (κ3) is 30.8. The van der Waals surface area contributed by atoms with Gasteiger partial charge in [0.2, 0.25) is 58.8 Å². The Kier molecular flexibility index (Phi) is 40.2. The number of rotatable bonds is 25. The normalized spacial score (nSPS) is 10.3. The Labute approximate surface area is 908 Å². The fourth-order valence-corrected chi connectivity index (χ4v) is 13.7. The fourth-order valence-electron chi connectivity index (χ4n) is 13.7. The molecule has 5 aromatic carbocycles. The number of para-hydroxylation sites is 1. The van der Waals surface area contributed by atoms with Gasteiger partial charge in [-0.25, -0.2) is 35.6 Å². The smallest absolute Gasteiger partial charge is 0.619 e. The summed E-state index contributed by atoms with van der Waals surface area (Å²) in [6, 6.07) is 88.3. The van der Waals surface area contributed by atoms with Gasteiger partial charge in [0.1, 0.15) is 0 Å². The van der Waals surface area contributed by atoms with E-state index < -0.39 is 0 Å². The van der Waals surface area contributed by atoms with Crippen molar-refractivity contribution >= 4 is 0 Å². The largest absolute Gasteiger partial charge is 2.00 e. The summed E-state index contributed by atoms with van der Waals surface area (Å²) in [5, 5.41) is 24.5. The summed E-state index contributed by atoms with van der Waals surface area (Å²) >= 11 is 0. The maximum absolute atomic E-state index is 6.20. The number of aromatic nitrogens is 20. The van der Waals surface area contributed by atoms with Gasteiger partial charge in [0.05, 0.1) is 11.4 Å².